The number of quaternary nitrogens is 2. The molecule has 4 heterocycles. The molecule has 0 saturated carbocycles. The maximum absolute atomic E-state index is 2.40. The lowest BCUT2D eigenvalue weighted by Gasteiger charge is -2.33. The third-order valence-corrected chi connectivity index (χ3v) is 12.2. The summed E-state index contributed by atoms with van der Waals surface area (Å²) in [7, 11) is 13.9. The van der Waals surface area contributed by atoms with Gasteiger partial charge in [-0.05, 0) is 47.5 Å². The molecule has 288 valence electrons. The van der Waals surface area contributed by atoms with Crippen LogP contribution in [0, 0.1) is 0 Å². The summed E-state index contributed by atoms with van der Waals surface area (Å²) in [5.74, 6) is 0. The number of rotatable bonds is 14. The van der Waals surface area contributed by atoms with Gasteiger partial charge in [-0.15, -0.1) is 0 Å². The van der Waals surface area contributed by atoms with Gasteiger partial charge in [-0.3, -0.25) is 0 Å². The average molecular weight is 1200 g/mol. The third kappa shape index (κ3) is 13.8. The van der Waals surface area contributed by atoms with Crippen LogP contribution in [0.1, 0.15) is 30.4 Å². The maximum atomic E-state index is 2.40. The summed E-state index contributed by atoms with van der Waals surface area (Å²) < 4.78 is 6.82. The highest BCUT2D eigenvalue weighted by molar-refractivity contribution is 8.04. The Labute approximate surface area is 395 Å². The molecule has 6 rings (SSSR count). The zero-order valence-corrected chi connectivity index (χ0v) is 42.0. The van der Waals surface area contributed by atoms with Gasteiger partial charge >= 0.3 is 0 Å². The van der Waals surface area contributed by atoms with E-state index < -0.39 is 0 Å². The van der Waals surface area contributed by atoms with Gasteiger partial charge in [0.2, 0.25) is 0 Å². The van der Waals surface area contributed by atoms with Crippen LogP contribution in [0.5, 0.6) is 0 Å². The first-order valence-electron chi connectivity index (χ1n) is 17.6. The Balaban J connectivity index is 0.00000243. The molecule has 4 aromatic rings. The molecule has 2 aliphatic rings. The molecule has 0 atom stereocenters. The molecule has 2 aromatic carbocycles. The Kier molecular flexibility index (Phi) is 20.4. The van der Waals surface area contributed by atoms with Gasteiger partial charge < -0.3 is 115 Å². The number of nitrogens with zero attached hydrogens (tertiary/aromatic N) is 6. The predicted octanol–water partition coefficient (Wildman–Crippen LogP) is -4.62. The van der Waals surface area contributed by atoms with E-state index in [9.17, 15) is 0 Å². The number of hydrogen-bond donors (Lipinski definition) is 0. The third-order valence-electron chi connectivity index (χ3n) is 9.84. The number of anilines is 2. The topological polar surface area (TPSA) is 14.2 Å². The number of benzene rings is 2. The molecule has 53 heavy (non-hydrogen) atoms. The Morgan fingerprint density at radius 3 is 1.21 bits per heavy atom. The van der Waals surface area contributed by atoms with E-state index in [1.807, 2.05) is 23.5 Å². The van der Waals surface area contributed by atoms with Crippen LogP contribution in [-0.4, -0.2) is 77.4 Å². The second-order valence-corrected chi connectivity index (χ2v) is 16.9. The SMILES string of the molecule is CN1/C(=C\c2cc[n+](CCC[N+](C)(C)CCC[N+](C)(C)CCC[n+]3ccc(/C=C4/Sc5ccccc5N4C)cc3)cc2)Sc2ccccc21.[I-].[I-].[I-].[I-]. The van der Waals surface area contributed by atoms with Crippen molar-refractivity contribution in [2.24, 2.45) is 0 Å². The molecule has 0 saturated heterocycles. The molecule has 6 nitrogen and oxygen atoms in total. The first-order valence-corrected chi connectivity index (χ1v) is 19.3. The lowest BCUT2D eigenvalue weighted by molar-refractivity contribution is -0.911. The van der Waals surface area contributed by atoms with E-state index >= 15 is 0 Å². The largest absolute Gasteiger partial charge is 1.00 e. The lowest BCUT2D eigenvalue weighted by Crippen LogP contribution is -3.00. The van der Waals surface area contributed by atoms with Crippen LogP contribution in [-0.2, 0) is 13.1 Å². The molecule has 0 bridgehead atoms. The van der Waals surface area contributed by atoms with Crippen molar-refractivity contribution in [3.05, 3.63) is 119 Å². The van der Waals surface area contributed by atoms with E-state index in [1.54, 1.807) is 0 Å². The number of thioether (sulfide) groups is 2. The van der Waals surface area contributed by atoms with Crippen molar-refractivity contribution in [1.82, 2.24) is 0 Å². The molecule has 2 aromatic heterocycles. The van der Waals surface area contributed by atoms with E-state index in [-0.39, 0.29) is 95.9 Å². The second-order valence-electron chi connectivity index (χ2n) is 14.8. The van der Waals surface area contributed by atoms with Gasteiger partial charge in [0.15, 0.2) is 37.9 Å². The van der Waals surface area contributed by atoms with Crippen LogP contribution in [0.15, 0.2) is 117 Å². The molecule has 0 radical (unpaired) electrons. The minimum Gasteiger partial charge on any atom is -1.00 e. The minimum absolute atomic E-state index is 0. The molecular formula is C41H54I4N6S2. The van der Waals surface area contributed by atoms with Crippen molar-refractivity contribution in [1.29, 1.82) is 0 Å². The molecule has 0 spiro atoms. The minimum atomic E-state index is 0. The van der Waals surface area contributed by atoms with E-state index in [4.69, 9.17) is 0 Å². The number of halogens is 4. The summed E-state index contributed by atoms with van der Waals surface area (Å²) in [6, 6.07) is 26.2. The van der Waals surface area contributed by atoms with Crippen molar-refractivity contribution >= 4 is 47.1 Å². The second kappa shape index (κ2) is 22.3. The van der Waals surface area contributed by atoms with Crippen LogP contribution in [0.4, 0.5) is 11.4 Å². The van der Waals surface area contributed by atoms with Crippen LogP contribution < -0.4 is 115 Å². The standard InChI is InChI=1S/C41H54N6S2.4HI/c1-42-36-14-7-9-16-38(36)48-40(42)32-34-18-24-44(25-19-34)22-11-28-46(3,4)30-13-31-47(5,6)29-12-23-45-26-20-35(21-27-45)33-41-43(2)37-15-8-10-17-39(37)49-41;;;;/h7-10,14-21,24-27,32-33H,11-13,22-23,28-31H2,1-6H3;4*1H/q+4;;;;/p-4. The number of hydrogen-bond acceptors (Lipinski definition) is 4. The van der Waals surface area contributed by atoms with E-state index in [0.717, 1.165) is 22.1 Å². The summed E-state index contributed by atoms with van der Waals surface area (Å²) in [6.45, 7) is 6.93. The summed E-state index contributed by atoms with van der Waals surface area (Å²) in [4.78, 5) is 7.23. The zero-order chi connectivity index (χ0) is 34.4. The first kappa shape index (κ1) is 48.5. The summed E-state index contributed by atoms with van der Waals surface area (Å²) in [6.07, 6.45) is 17.1. The first-order chi connectivity index (χ1) is 23.6. The van der Waals surface area contributed by atoms with Crippen molar-refractivity contribution in [2.45, 2.75) is 42.1 Å². The Morgan fingerprint density at radius 1 is 0.509 bits per heavy atom. The fraction of sp³-hybridized carbons (Fsp3) is 0.366. The zero-order valence-electron chi connectivity index (χ0n) is 31.8. The predicted molar refractivity (Wildman–Crippen MR) is 208 cm³/mol. The van der Waals surface area contributed by atoms with Crippen LogP contribution in [0.25, 0.3) is 12.2 Å². The number of aryl methyl sites for hydroxylation is 2. The molecule has 0 unspecified atom stereocenters. The van der Waals surface area contributed by atoms with Crippen molar-refractivity contribution in [3.8, 4) is 0 Å². The molecular weight excluding hydrogens is 1150 g/mol. The smallest absolute Gasteiger partial charge is 0.169 e. The van der Waals surface area contributed by atoms with Gasteiger partial charge in [-0.2, -0.15) is 0 Å². The molecule has 0 amide bonds. The summed E-state index contributed by atoms with van der Waals surface area (Å²) in [5.41, 5.74) is 5.08. The summed E-state index contributed by atoms with van der Waals surface area (Å²) in [5, 5.41) is 2.55. The van der Waals surface area contributed by atoms with E-state index in [2.05, 4.69) is 171 Å². The number of para-hydroxylation sites is 2. The quantitative estimate of drug-likeness (QED) is 0.0719. The fourth-order valence-electron chi connectivity index (χ4n) is 6.72. The van der Waals surface area contributed by atoms with Gasteiger partial charge in [-0.25, -0.2) is 9.13 Å². The van der Waals surface area contributed by atoms with Gasteiger partial charge in [0.25, 0.3) is 0 Å². The van der Waals surface area contributed by atoms with Crippen molar-refractivity contribution in [2.75, 3.05) is 78.3 Å². The van der Waals surface area contributed by atoms with Gasteiger partial charge in [0.1, 0.15) is 0 Å². The van der Waals surface area contributed by atoms with Gasteiger partial charge in [0.05, 0.1) is 88.6 Å². The van der Waals surface area contributed by atoms with Gasteiger partial charge in [-0.1, -0.05) is 47.8 Å². The number of aromatic nitrogens is 2. The van der Waals surface area contributed by atoms with Crippen molar-refractivity contribution < 1.29 is 114 Å². The highest BCUT2D eigenvalue weighted by atomic mass is 127. The number of fused-ring (bicyclic) bond motifs is 2. The average Bonchev–Trinajstić information content (AvgIpc) is 3.57. The monoisotopic (exact) mass is 1200 g/mol. The van der Waals surface area contributed by atoms with Crippen LogP contribution in [0.2, 0.25) is 0 Å². The summed E-state index contributed by atoms with van der Waals surface area (Å²) >= 11 is 3.69. The number of pyridine rings is 2. The van der Waals surface area contributed by atoms with Crippen LogP contribution in [0.3, 0.4) is 0 Å². The molecule has 0 fully saturated rings. The highest BCUT2D eigenvalue weighted by Crippen LogP contribution is 2.46. The van der Waals surface area contributed by atoms with Gasteiger partial charge in [0, 0.05) is 54.6 Å². The Morgan fingerprint density at radius 2 is 0.849 bits per heavy atom. The fourth-order valence-corrected chi connectivity index (χ4v) is 8.94. The van der Waals surface area contributed by atoms with E-state index in [0.29, 0.717) is 0 Å². The van der Waals surface area contributed by atoms with Crippen LogP contribution >= 0.6 is 23.5 Å². The maximum Gasteiger partial charge on any atom is 0.169 e. The molecule has 2 aliphatic heterocycles. The Bertz CT molecular complexity index is 1670. The van der Waals surface area contributed by atoms with Crippen molar-refractivity contribution in [3.63, 3.8) is 0 Å². The molecule has 12 heteroatoms. The molecule has 0 N–H and O–H groups in total. The Hall–Kier alpha value is -0.640. The normalized spacial score (nSPS) is 14.9. The van der Waals surface area contributed by atoms with E-state index in [1.165, 1.54) is 87.8 Å². The lowest BCUT2D eigenvalue weighted by atomic mass is 10.2. The molecule has 0 aliphatic carbocycles. The highest BCUT2D eigenvalue weighted by Gasteiger charge is 2.23.